The van der Waals surface area contributed by atoms with Crippen LogP contribution in [-0.4, -0.2) is 56.6 Å². The van der Waals surface area contributed by atoms with Gasteiger partial charge in [-0.3, -0.25) is 4.90 Å². The monoisotopic (exact) mass is 424 g/mol. The molecule has 164 valence electrons. The van der Waals surface area contributed by atoms with Crippen LogP contribution in [0.15, 0.2) is 24.3 Å². The molecule has 0 radical (unpaired) electrons. The lowest BCUT2D eigenvalue weighted by Crippen LogP contribution is -2.47. The highest BCUT2D eigenvalue weighted by Crippen LogP contribution is 2.38. The predicted octanol–water partition coefficient (Wildman–Crippen LogP) is 3.82. The van der Waals surface area contributed by atoms with E-state index in [-0.39, 0.29) is 17.2 Å². The summed E-state index contributed by atoms with van der Waals surface area (Å²) in [5, 5.41) is 31.7. The quantitative estimate of drug-likeness (QED) is 0.677. The van der Waals surface area contributed by atoms with Gasteiger partial charge in [-0.05, 0) is 70.0 Å². The fourth-order valence-corrected chi connectivity index (χ4v) is 3.88. The number of nitrogens with one attached hydrogen (secondary N) is 1. The van der Waals surface area contributed by atoms with E-state index in [1.807, 2.05) is 0 Å². The van der Waals surface area contributed by atoms with E-state index in [1.54, 1.807) is 26.0 Å². The first-order chi connectivity index (χ1) is 13.9. The van der Waals surface area contributed by atoms with Gasteiger partial charge >= 0.3 is 6.18 Å². The Morgan fingerprint density at radius 3 is 2.50 bits per heavy atom. The minimum atomic E-state index is -4.53. The number of rotatable bonds is 5. The molecule has 1 unspecified atom stereocenters. The van der Waals surface area contributed by atoms with E-state index in [4.69, 9.17) is 0 Å². The number of likely N-dealkylation sites (tertiary alicyclic amines) is 1. The van der Waals surface area contributed by atoms with Gasteiger partial charge in [0, 0.05) is 24.7 Å². The molecule has 0 aliphatic carbocycles. The summed E-state index contributed by atoms with van der Waals surface area (Å²) in [5.74, 6) is 0.0739. The topological polar surface area (TPSA) is 81.5 Å². The van der Waals surface area contributed by atoms with Gasteiger partial charge in [0.2, 0.25) is 0 Å². The van der Waals surface area contributed by atoms with Crippen molar-refractivity contribution < 1.29 is 23.4 Å². The van der Waals surface area contributed by atoms with Crippen molar-refractivity contribution in [3.8, 4) is 17.0 Å². The largest absolute Gasteiger partial charge is 0.507 e. The van der Waals surface area contributed by atoms with Gasteiger partial charge in [0.15, 0.2) is 0 Å². The van der Waals surface area contributed by atoms with Crippen LogP contribution in [0.2, 0.25) is 0 Å². The van der Waals surface area contributed by atoms with Crippen molar-refractivity contribution in [2.45, 2.75) is 51.4 Å². The molecule has 0 spiro atoms. The number of benzene rings is 1. The number of alkyl halides is 3. The van der Waals surface area contributed by atoms with E-state index in [9.17, 15) is 23.4 Å². The maximum Gasteiger partial charge on any atom is 0.416 e. The molecule has 3 rings (SSSR count). The zero-order valence-corrected chi connectivity index (χ0v) is 17.3. The molecular formula is C21H27F3N4O2. The van der Waals surface area contributed by atoms with Crippen molar-refractivity contribution in [2.75, 3.05) is 25.0 Å². The molecule has 1 aromatic carbocycles. The van der Waals surface area contributed by atoms with Crippen LogP contribution in [0.1, 0.15) is 37.8 Å². The number of β-amino-alcohol motifs (C(OH)–C–C–N with tert-alkyl or cyclic N) is 1. The normalized spacial score (nSPS) is 18.4. The maximum atomic E-state index is 12.9. The predicted molar refractivity (Wildman–Crippen MR) is 108 cm³/mol. The molecule has 1 fully saturated rings. The highest BCUT2D eigenvalue weighted by molar-refractivity contribution is 5.71. The number of hydrogen-bond acceptors (Lipinski definition) is 6. The molecule has 1 atom stereocenters. The van der Waals surface area contributed by atoms with E-state index >= 15 is 0 Å². The third-order valence-electron chi connectivity index (χ3n) is 5.03. The molecule has 1 saturated heterocycles. The van der Waals surface area contributed by atoms with Gasteiger partial charge in [-0.25, -0.2) is 0 Å². The standard InChI is InChI=1S/C21H27F3N4O2/c1-13-9-14(21(22,23)24)10-17(29)19(13)16-6-7-18(27-26-16)25-15-5-4-8-28(11-15)12-20(2,3)30/h6-7,9-10,15,29-30H,4-5,8,11-12H2,1-3H3,(H,25,27). The van der Waals surface area contributed by atoms with Gasteiger partial charge in [-0.15, -0.1) is 10.2 Å². The number of hydrogen-bond donors (Lipinski definition) is 3. The lowest BCUT2D eigenvalue weighted by atomic mass is 10.0. The number of aryl methyl sites for hydroxylation is 1. The molecule has 2 aromatic rings. The summed E-state index contributed by atoms with van der Waals surface area (Å²) in [6.45, 7) is 7.35. The van der Waals surface area contributed by atoms with Crippen LogP contribution in [0.5, 0.6) is 5.75 Å². The van der Waals surface area contributed by atoms with Gasteiger partial charge in [0.25, 0.3) is 0 Å². The van der Waals surface area contributed by atoms with E-state index in [1.165, 1.54) is 6.92 Å². The first kappa shape index (κ1) is 22.3. The number of nitrogens with zero attached hydrogens (tertiary/aromatic N) is 3. The highest BCUT2D eigenvalue weighted by atomic mass is 19.4. The van der Waals surface area contributed by atoms with E-state index in [0.717, 1.165) is 32.0 Å². The summed E-state index contributed by atoms with van der Waals surface area (Å²) in [5.41, 5.74) is -0.856. The zero-order chi connectivity index (χ0) is 22.1. The first-order valence-electron chi connectivity index (χ1n) is 9.88. The second-order valence-electron chi connectivity index (χ2n) is 8.52. The second-order valence-corrected chi connectivity index (χ2v) is 8.52. The number of piperidine rings is 1. The van der Waals surface area contributed by atoms with Crippen molar-refractivity contribution in [2.24, 2.45) is 0 Å². The van der Waals surface area contributed by atoms with Crippen LogP contribution in [0.3, 0.4) is 0 Å². The molecule has 1 aliphatic rings. The summed E-state index contributed by atoms with van der Waals surface area (Å²) in [6, 6.07) is 5.18. The average molecular weight is 424 g/mol. The number of aromatic hydroxyl groups is 1. The fourth-order valence-electron chi connectivity index (χ4n) is 3.88. The zero-order valence-electron chi connectivity index (χ0n) is 17.3. The number of aliphatic hydroxyl groups is 1. The Morgan fingerprint density at radius 1 is 1.20 bits per heavy atom. The van der Waals surface area contributed by atoms with Crippen molar-refractivity contribution in [1.82, 2.24) is 15.1 Å². The molecule has 0 bridgehead atoms. The molecule has 0 amide bonds. The van der Waals surface area contributed by atoms with E-state index < -0.39 is 23.1 Å². The Bertz CT molecular complexity index is 856. The number of halogens is 3. The smallest absolute Gasteiger partial charge is 0.416 e. The van der Waals surface area contributed by atoms with Crippen LogP contribution in [0.4, 0.5) is 19.0 Å². The van der Waals surface area contributed by atoms with Crippen molar-refractivity contribution in [1.29, 1.82) is 0 Å². The molecule has 1 aromatic heterocycles. The minimum absolute atomic E-state index is 0.155. The lowest BCUT2D eigenvalue weighted by molar-refractivity contribution is -0.137. The lowest BCUT2D eigenvalue weighted by Gasteiger charge is -2.36. The Balaban J connectivity index is 1.71. The third-order valence-corrected chi connectivity index (χ3v) is 5.03. The second kappa shape index (κ2) is 8.39. The summed E-state index contributed by atoms with van der Waals surface area (Å²) < 4.78 is 38.7. The molecule has 0 saturated carbocycles. The molecule has 6 nitrogen and oxygen atoms in total. The summed E-state index contributed by atoms with van der Waals surface area (Å²) in [7, 11) is 0. The van der Waals surface area contributed by atoms with Gasteiger partial charge in [0.1, 0.15) is 11.6 Å². The van der Waals surface area contributed by atoms with Crippen molar-refractivity contribution in [3.63, 3.8) is 0 Å². The Hall–Kier alpha value is -2.39. The Labute approximate surface area is 173 Å². The molecule has 9 heteroatoms. The van der Waals surface area contributed by atoms with Gasteiger partial charge in [-0.1, -0.05) is 0 Å². The highest BCUT2D eigenvalue weighted by Gasteiger charge is 2.32. The summed E-state index contributed by atoms with van der Waals surface area (Å²) >= 11 is 0. The van der Waals surface area contributed by atoms with Crippen LogP contribution >= 0.6 is 0 Å². The van der Waals surface area contributed by atoms with Crippen LogP contribution in [0, 0.1) is 6.92 Å². The Morgan fingerprint density at radius 2 is 1.93 bits per heavy atom. The van der Waals surface area contributed by atoms with Crippen LogP contribution in [0.25, 0.3) is 11.3 Å². The Kier molecular flexibility index (Phi) is 6.24. The van der Waals surface area contributed by atoms with Crippen LogP contribution < -0.4 is 5.32 Å². The fraction of sp³-hybridized carbons (Fsp3) is 0.524. The number of aromatic nitrogens is 2. The molecule has 1 aliphatic heterocycles. The van der Waals surface area contributed by atoms with E-state index in [2.05, 4.69) is 20.4 Å². The number of phenols is 1. The van der Waals surface area contributed by atoms with Crippen molar-refractivity contribution in [3.05, 3.63) is 35.4 Å². The van der Waals surface area contributed by atoms with E-state index in [0.29, 0.717) is 24.1 Å². The molecule has 2 heterocycles. The SMILES string of the molecule is Cc1cc(C(F)(F)F)cc(O)c1-c1ccc(NC2CCCN(CC(C)(C)O)C2)nn1. The molecular weight excluding hydrogens is 397 g/mol. The summed E-state index contributed by atoms with van der Waals surface area (Å²) in [4.78, 5) is 2.20. The molecule has 3 N–H and O–H groups in total. The average Bonchev–Trinajstić information content (AvgIpc) is 2.60. The first-order valence-corrected chi connectivity index (χ1v) is 9.88. The van der Waals surface area contributed by atoms with Gasteiger partial charge in [-0.2, -0.15) is 13.2 Å². The summed E-state index contributed by atoms with van der Waals surface area (Å²) in [6.07, 6.45) is -2.57. The third kappa shape index (κ3) is 5.60. The minimum Gasteiger partial charge on any atom is -0.507 e. The number of phenolic OH excluding ortho intramolecular Hbond substituents is 1. The van der Waals surface area contributed by atoms with Gasteiger partial charge in [0.05, 0.1) is 16.9 Å². The van der Waals surface area contributed by atoms with Gasteiger partial charge < -0.3 is 15.5 Å². The van der Waals surface area contributed by atoms with Crippen molar-refractivity contribution >= 4 is 5.82 Å². The number of anilines is 1. The maximum absolute atomic E-state index is 12.9. The van der Waals surface area contributed by atoms with Crippen LogP contribution in [-0.2, 0) is 6.18 Å². The molecule has 30 heavy (non-hydrogen) atoms.